The molecule has 3 aromatic rings. The van der Waals surface area contributed by atoms with Crippen LogP contribution in [-0.2, 0) is 14.8 Å². The second-order valence-corrected chi connectivity index (χ2v) is 12.1. The zero-order valence-corrected chi connectivity index (χ0v) is 22.3. The van der Waals surface area contributed by atoms with Crippen LogP contribution in [0.15, 0.2) is 76.5 Å². The number of nitrogens with one attached hydrogen (secondary N) is 1. The van der Waals surface area contributed by atoms with Gasteiger partial charge in [0, 0.05) is 16.9 Å². The van der Waals surface area contributed by atoms with Gasteiger partial charge in [-0.2, -0.15) is 0 Å². The molecule has 0 fully saturated rings. The van der Waals surface area contributed by atoms with Crippen LogP contribution in [0.3, 0.4) is 0 Å². The van der Waals surface area contributed by atoms with Crippen LogP contribution >= 0.6 is 11.8 Å². The van der Waals surface area contributed by atoms with Gasteiger partial charge in [0.2, 0.25) is 5.91 Å². The lowest BCUT2D eigenvalue weighted by Gasteiger charge is -2.38. The predicted octanol–water partition coefficient (Wildman–Crippen LogP) is 5.47. The Balaban J connectivity index is 1.65. The highest BCUT2D eigenvalue weighted by molar-refractivity contribution is 7.98. The Bertz CT molecular complexity index is 1370. The number of rotatable bonds is 7. The third-order valence-corrected chi connectivity index (χ3v) is 8.52. The number of nitrogens with zero attached hydrogens (tertiary/aromatic N) is 1. The van der Waals surface area contributed by atoms with E-state index in [-0.39, 0.29) is 16.6 Å². The van der Waals surface area contributed by atoms with Crippen LogP contribution in [0.2, 0.25) is 0 Å². The smallest absolute Gasteiger partial charge is 0.264 e. The topological polar surface area (TPSA) is 75.7 Å². The van der Waals surface area contributed by atoms with Gasteiger partial charge in [0.15, 0.2) is 0 Å². The molecule has 1 N–H and O–H groups in total. The summed E-state index contributed by atoms with van der Waals surface area (Å²) in [6.45, 7) is 5.35. The summed E-state index contributed by atoms with van der Waals surface area (Å²) in [4.78, 5) is 14.2. The monoisotopic (exact) mass is 528 g/mol. The van der Waals surface area contributed by atoms with Crippen molar-refractivity contribution in [3.8, 4) is 5.75 Å². The van der Waals surface area contributed by atoms with E-state index in [2.05, 4.69) is 5.32 Å². The molecule has 0 radical (unpaired) electrons. The zero-order valence-electron chi connectivity index (χ0n) is 20.6. The molecule has 1 amide bonds. The van der Waals surface area contributed by atoms with Crippen molar-refractivity contribution in [3.63, 3.8) is 0 Å². The molecule has 0 saturated carbocycles. The van der Waals surface area contributed by atoms with Crippen LogP contribution in [0.5, 0.6) is 5.75 Å². The van der Waals surface area contributed by atoms with E-state index in [1.54, 1.807) is 12.1 Å². The molecule has 36 heavy (non-hydrogen) atoms. The highest BCUT2D eigenvalue weighted by Gasteiger charge is 2.35. The zero-order chi connectivity index (χ0) is 26.1. The number of ether oxygens (including phenoxy) is 1. The second kappa shape index (κ2) is 10.1. The minimum Gasteiger partial charge on any atom is -0.487 e. The van der Waals surface area contributed by atoms with Crippen molar-refractivity contribution in [1.29, 1.82) is 0 Å². The van der Waals surface area contributed by atoms with Crippen LogP contribution < -0.4 is 14.4 Å². The van der Waals surface area contributed by atoms with Gasteiger partial charge in [-0.1, -0.05) is 18.2 Å². The first-order valence-electron chi connectivity index (χ1n) is 11.5. The van der Waals surface area contributed by atoms with E-state index in [0.29, 0.717) is 12.2 Å². The molecule has 1 aliphatic rings. The first kappa shape index (κ1) is 26.0. The van der Waals surface area contributed by atoms with E-state index in [1.807, 2.05) is 45.2 Å². The van der Waals surface area contributed by atoms with Crippen LogP contribution in [0.1, 0.15) is 37.4 Å². The quantitative estimate of drug-likeness (QED) is 0.412. The third kappa shape index (κ3) is 5.68. The van der Waals surface area contributed by atoms with Gasteiger partial charge in [0.1, 0.15) is 23.7 Å². The molecule has 6 nitrogen and oxygen atoms in total. The number of benzene rings is 3. The van der Waals surface area contributed by atoms with Gasteiger partial charge in [-0.25, -0.2) is 12.8 Å². The lowest BCUT2D eigenvalue weighted by molar-refractivity contribution is -0.120. The van der Waals surface area contributed by atoms with Gasteiger partial charge < -0.3 is 10.1 Å². The maximum atomic E-state index is 14.1. The molecule has 0 aliphatic carbocycles. The van der Waals surface area contributed by atoms with Crippen molar-refractivity contribution in [1.82, 2.24) is 5.32 Å². The number of hydrogen-bond donors (Lipinski definition) is 1. The summed E-state index contributed by atoms with van der Waals surface area (Å²) in [5.41, 5.74) is 1.42. The lowest BCUT2D eigenvalue weighted by Crippen LogP contribution is -2.45. The number of amides is 1. The highest BCUT2D eigenvalue weighted by atomic mass is 32.2. The van der Waals surface area contributed by atoms with E-state index in [0.717, 1.165) is 26.4 Å². The molecule has 0 bridgehead atoms. The van der Waals surface area contributed by atoms with Gasteiger partial charge in [0.25, 0.3) is 10.0 Å². The highest BCUT2D eigenvalue weighted by Crippen LogP contribution is 2.40. The Hall–Kier alpha value is -3.04. The number of hydrogen-bond acceptors (Lipinski definition) is 5. The summed E-state index contributed by atoms with van der Waals surface area (Å²) >= 11 is 1.49. The Morgan fingerprint density at radius 1 is 1.14 bits per heavy atom. The summed E-state index contributed by atoms with van der Waals surface area (Å²) in [5, 5.41) is 2.98. The molecule has 3 aromatic carbocycles. The predicted molar refractivity (Wildman–Crippen MR) is 141 cm³/mol. The summed E-state index contributed by atoms with van der Waals surface area (Å²) in [7, 11) is -4.15. The first-order chi connectivity index (χ1) is 17.0. The number of sulfonamides is 1. The van der Waals surface area contributed by atoms with Crippen molar-refractivity contribution in [2.24, 2.45) is 0 Å². The second-order valence-electron chi connectivity index (χ2n) is 9.39. The SMILES string of the molecule is CSc1ccc(S(=O)(=O)N(CC(=O)NC2CC(C)(C)Oc3cc(C)ccc32)c2cccc(F)c2)cc1. The molecule has 9 heteroatoms. The number of carbonyl (C=O) groups excluding carboxylic acids is 1. The van der Waals surface area contributed by atoms with Gasteiger partial charge in [0.05, 0.1) is 16.6 Å². The summed E-state index contributed by atoms with van der Waals surface area (Å²) in [5.74, 6) is -0.404. The summed E-state index contributed by atoms with van der Waals surface area (Å²) in [6, 6.07) is 17.0. The maximum Gasteiger partial charge on any atom is 0.264 e. The number of carbonyl (C=O) groups is 1. The number of anilines is 1. The molecule has 1 aliphatic heterocycles. The minimum absolute atomic E-state index is 0.0189. The molecule has 1 atom stereocenters. The van der Waals surface area contributed by atoms with E-state index >= 15 is 0 Å². The number of aryl methyl sites for hydroxylation is 1. The fourth-order valence-corrected chi connectivity index (χ4v) is 6.10. The number of thioether (sulfide) groups is 1. The van der Waals surface area contributed by atoms with Crippen LogP contribution in [0.4, 0.5) is 10.1 Å². The van der Waals surface area contributed by atoms with Crippen LogP contribution in [0.25, 0.3) is 0 Å². The average molecular weight is 529 g/mol. The van der Waals surface area contributed by atoms with Gasteiger partial charge in [-0.3, -0.25) is 9.10 Å². The summed E-state index contributed by atoms with van der Waals surface area (Å²) in [6.07, 6.45) is 2.40. The van der Waals surface area contributed by atoms with Gasteiger partial charge in [-0.15, -0.1) is 11.8 Å². The average Bonchev–Trinajstić information content (AvgIpc) is 2.81. The molecule has 0 saturated heterocycles. The molecular weight excluding hydrogens is 499 g/mol. The van der Waals surface area contributed by atoms with Crippen molar-refractivity contribution in [3.05, 3.63) is 83.7 Å². The van der Waals surface area contributed by atoms with Crippen molar-refractivity contribution in [2.45, 2.75) is 48.6 Å². The Morgan fingerprint density at radius 3 is 2.53 bits per heavy atom. The normalized spacial score (nSPS) is 16.5. The van der Waals surface area contributed by atoms with Crippen molar-refractivity contribution >= 4 is 33.4 Å². The molecule has 0 aromatic heterocycles. The third-order valence-electron chi connectivity index (χ3n) is 5.99. The molecular formula is C27H29FN2O4S2. The van der Waals surface area contributed by atoms with E-state index in [9.17, 15) is 17.6 Å². The molecule has 1 heterocycles. The van der Waals surface area contributed by atoms with Crippen LogP contribution in [-0.4, -0.2) is 32.7 Å². The minimum atomic E-state index is -4.15. The van der Waals surface area contributed by atoms with E-state index < -0.39 is 33.9 Å². The van der Waals surface area contributed by atoms with Gasteiger partial charge in [-0.05, 0) is 81.1 Å². The Kier molecular flexibility index (Phi) is 7.33. The number of fused-ring (bicyclic) bond motifs is 1. The Labute approximate surface area is 215 Å². The molecule has 0 spiro atoms. The lowest BCUT2D eigenvalue weighted by atomic mass is 9.89. The first-order valence-corrected chi connectivity index (χ1v) is 14.2. The fourth-order valence-electron chi connectivity index (χ4n) is 4.28. The van der Waals surface area contributed by atoms with Gasteiger partial charge >= 0.3 is 0 Å². The van der Waals surface area contributed by atoms with E-state index in [1.165, 1.54) is 42.1 Å². The van der Waals surface area contributed by atoms with Crippen molar-refractivity contribution in [2.75, 3.05) is 17.1 Å². The standard InChI is InChI=1S/C27H29FN2O4S2/c1-18-8-13-23-24(16-27(2,3)34-25(23)14-18)29-26(31)17-30(20-7-5-6-19(28)15-20)36(32,33)22-11-9-21(35-4)10-12-22/h5-15,24H,16-17H2,1-4H3,(H,29,31). The largest absolute Gasteiger partial charge is 0.487 e. The number of halogens is 1. The maximum absolute atomic E-state index is 14.1. The van der Waals surface area contributed by atoms with E-state index in [4.69, 9.17) is 4.74 Å². The summed E-state index contributed by atoms with van der Waals surface area (Å²) < 4.78 is 48.3. The van der Waals surface area contributed by atoms with Crippen LogP contribution in [0, 0.1) is 12.7 Å². The Morgan fingerprint density at radius 2 is 1.86 bits per heavy atom. The molecule has 4 rings (SSSR count). The molecule has 190 valence electrons. The van der Waals surface area contributed by atoms with Crippen molar-refractivity contribution < 1.29 is 22.3 Å². The molecule has 1 unspecified atom stereocenters. The fraction of sp³-hybridized carbons (Fsp3) is 0.296.